The average molecular weight is 587 g/mol. The van der Waals surface area contributed by atoms with Crippen LogP contribution in [0.1, 0.15) is 47.4 Å². The molecule has 1 aliphatic carbocycles. The lowest BCUT2D eigenvalue weighted by molar-refractivity contribution is -0.182. The number of amides is 1. The molecule has 1 saturated carbocycles. The van der Waals surface area contributed by atoms with E-state index >= 15 is 0 Å². The maximum absolute atomic E-state index is 13.4. The molecule has 3 N–H and O–H groups in total. The van der Waals surface area contributed by atoms with Crippen molar-refractivity contribution in [3.8, 4) is 0 Å². The zero-order chi connectivity index (χ0) is 28.9. The van der Waals surface area contributed by atoms with Crippen LogP contribution in [0.5, 0.6) is 0 Å². The molecule has 1 aromatic carbocycles. The van der Waals surface area contributed by atoms with Gasteiger partial charge in [0.25, 0.3) is 11.5 Å². The molecule has 2 heterocycles. The highest BCUT2D eigenvalue weighted by Gasteiger charge is 2.63. The third-order valence-electron chi connectivity index (χ3n) is 6.59. The van der Waals surface area contributed by atoms with Gasteiger partial charge in [-0.25, -0.2) is 23.1 Å². The van der Waals surface area contributed by atoms with Crippen LogP contribution in [0.3, 0.4) is 0 Å². The first-order valence-electron chi connectivity index (χ1n) is 11.8. The normalized spacial score (nSPS) is 15.6. The highest BCUT2D eigenvalue weighted by atomic mass is 35.5. The molecule has 0 spiro atoms. The first-order chi connectivity index (χ1) is 18.0. The molecule has 1 aliphatic rings. The molecular formula is C24H26ClF3N6O4S. The number of sulfonamides is 1. The SMILES string of the molecule is Cc1cc([C@@H](C)Nc2ccc(Cl)nc2C(=O)NS(C)(=O)=O)c2nc(NCC3(C(F)(F)F)CC3)n(C)c(=O)c2c1. The van der Waals surface area contributed by atoms with Gasteiger partial charge in [-0.1, -0.05) is 17.7 Å². The molecule has 15 heteroatoms. The number of nitrogens with zero attached hydrogens (tertiary/aromatic N) is 3. The van der Waals surface area contributed by atoms with Gasteiger partial charge in [-0.15, -0.1) is 0 Å². The molecular weight excluding hydrogens is 561 g/mol. The summed E-state index contributed by atoms with van der Waals surface area (Å²) in [6.45, 7) is 3.08. The summed E-state index contributed by atoms with van der Waals surface area (Å²) in [5.41, 5.74) is -0.897. The Morgan fingerprint density at radius 1 is 1.23 bits per heavy atom. The van der Waals surface area contributed by atoms with Gasteiger partial charge in [-0.2, -0.15) is 13.2 Å². The van der Waals surface area contributed by atoms with E-state index in [1.807, 2.05) is 4.72 Å². The van der Waals surface area contributed by atoms with Crippen LogP contribution in [0.15, 0.2) is 29.1 Å². The largest absolute Gasteiger partial charge is 0.396 e. The molecule has 1 fully saturated rings. The van der Waals surface area contributed by atoms with Crippen LogP contribution in [0, 0.1) is 12.3 Å². The molecule has 0 radical (unpaired) electrons. The predicted octanol–water partition coefficient (Wildman–Crippen LogP) is 3.91. The van der Waals surface area contributed by atoms with Crippen molar-refractivity contribution in [3.05, 3.63) is 56.6 Å². The maximum atomic E-state index is 13.4. The second kappa shape index (κ2) is 9.97. The number of hydrogen-bond donors (Lipinski definition) is 3. The Morgan fingerprint density at radius 3 is 2.49 bits per heavy atom. The number of aromatic nitrogens is 3. The van der Waals surface area contributed by atoms with Gasteiger partial charge in [0.1, 0.15) is 5.15 Å². The second-order valence-corrected chi connectivity index (χ2v) is 11.9. The van der Waals surface area contributed by atoms with Crippen LogP contribution in [0.25, 0.3) is 10.9 Å². The molecule has 0 aliphatic heterocycles. The number of alkyl halides is 3. The van der Waals surface area contributed by atoms with Crippen LogP contribution in [0.4, 0.5) is 24.8 Å². The van der Waals surface area contributed by atoms with Crippen molar-refractivity contribution in [2.24, 2.45) is 12.5 Å². The van der Waals surface area contributed by atoms with Gasteiger partial charge in [-0.05, 0) is 50.5 Å². The van der Waals surface area contributed by atoms with Crippen molar-refractivity contribution in [2.45, 2.75) is 38.9 Å². The number of halogens is 4. The zero-order valence-corrected chi connectivity index (χ0v) is 23.0. The average Bonchev–Trinajstić information content (AvgIpc) is 3.62. The standard InChI is InChI=1S/C24H26ClF3N6O4S/c1-12-9-14(13(2)30-16-5-6-17(25)31-19(16)20(35)33-39(4,37)38)18-15(10-12)21(36)34(3)22(32-18)29-11-23(7-8-23)24(26,27)28/h5-6,9-10,13,30H,7-8,11H2,1-4H3,(H,29,32)(H,33,35)/t13-/m1/s1. The molecule has 0 unspecified atom stereocenters. The van der Waals surface area contributed by atoms with E-state index in [2.05, 4.69) is 20.6 Å². The topological polar surface area (TPSA) is 135 Å². The number of anilines is 2. The Kier molecular flexibility index (Phi) is 7.32. The van der Waals surface area contributed by atoms with E-state index in [1.54, 1.807) is 26.0 Å². The van der Waals surface area contributed by atoms with Gasteiger partial charge >= 0.3 is 6.18 Å². The Labute approximate surface area is 227 Å². The molecule has 39 heavy (non-hydrogen) atoms. The van der Waals surface area contributed by atoms with Crippen LogP contribution in [-0.2, 0) is 17.1 Å². The van der Waals surface area contributed by atoms with Crippen molar-refractivity contribution >= 4 is 50.1 Å². The Bertz CT molecular complexity index is 1640. The molecule has 1 atom stereocenters. The van der Waals surface area contributed by atoms with Crippen LogP contribution >= 0.6 is 11.6 Å². The molecule has 4 rings (SSSR count). The minimum Gasteiger partial charge on any atom is -0.377 e. The number of rotatable bonds is 8. The number of nitrogens with one attached hydrogen (secondary N) is 3. The highest BCUT2D eigenvalue weighted by Crippen LogP contribution is 2.57. The fourth-order valence-corrected chi connectivity index (χ4v) is 4.83. The quantitative estimate of drug-likeness (QED) is 0.338. The number of aryl methyl sites for hydroxylation is 1. The third-order valence-corrected chi connectivity index (χ3v) is 7.35. The maximum Gasteiger partial charge on any atom is 0.396 e. The summed E-state index contributed by atoms with van der Waals surface area (Å²) in [6.07, 6.45) is -3.55. The third kappa shape index (κ3) is 5.96. The van der Waals surface area contributed by atoms with Crippen molar-refractivity contribution in [1.29, 1.82) is 0 Å². The molecule has 0 saturated heterocycles. The van der Waals surface area contributed by atoms with E-state index in [-0.39, 0.29) is 46.2 Å². The Morgan fingerprint density at radius 2 is 1.90 bits per heavy atom. The number of carbonyl (C=O) groups is 1. The van der Waals surface area contributed by atoms with Gasteiger partial charge in [0.15, 0.2) is 5.69 Å². The fourth-order valence-electron chi connectivity index (χ4n) is 4.25. The monoisotopic (exact) mass is 586 g/mol. The lowest BCUT2D eigenvalue weighted by Gasteiger charge is -2.22. The van der Waals surface area contributed by atoms with Gasteiger partial charge in [0.2, 0.25) is 16.0 Å². The number of benzene rings is 1. The summed E-state index contributed by atoms with van der Waals surface area (Å²) in [5.74, 6) is -1.01. The summed E-state index contributed by atoms with van der Waals surface area (Å²) in [7, 11) is -2.45. The molecule has 3 aromatic rings. The first-order valence-corrected chi connectivity index (χ1v) is 14.1. The van der Waals surface area contributed by atoms with E-state index in [1.165, 1.54) is 23.7 Å². The number of fused-ring (bicyclic) bond motifs is 1. The summed E-state index contributed by atoms with van der Waals surface area (Å²) in [6, 6.07) is 5.64. The van der Waals surface area contributed by atoms with Gasteiger partial charge < -0.3 is 10.6 Å². The molecule has 1 amide bonds. The first kappa shape index (κ1) is 28.6. The Hall–Kier alpha value is -3.39. The van der Waals surface area contributed by atoms with E-state index in [0.717, 1.165) is 11.8 Å². The fraction of sp³-hybridized carbons (Fsp3) is 0.417. The smallest absolute Gasteiger partial charge is 0.377 e. The van der Waals surface area contributed by atoms with E-state index in [9.17, 15) is 31.2 Å². The number of carbonyl (C=O) groups excluding carboxylic acids is 1. The van der Waals surface area contributed by atoms with Crippen LogP contribution in [0.2, 0.25) is 5.15 Å². The summed E-state index contributed by atoms with van der Waals surface area (Å²) in [4.78, 5) is 34.2. The van der Waals surface area contributed by atoms with Gasteiger partial charge in [0, 0.05) is 19.2 Å². The minimum absolute atomic E-state index is 0.000791. The molecule has 210 valence electrons. The zero-order valence-electron chi connectivity index (χ0n) is 21.4. The van der Waals surface area contributed by atoms with E-state index in [4.69, 9.17) is 11.6 Å². The van der Waals surface area contributed by atoms with Crippen molar-refractivity contribution < 1.29 is 26.4 Å². The number of pyridine rings is 1. The Balaban J connectivity index is 1.73. The van der Waals surface area contributed by atoms with Crippen LogP contribution < -0.4 is 20.9 Å². The van der Waals surface area contributed by atoms with E-state index < -0.39 is 45.7 Å². The van der Waals surface area contributed by atoms with Crippen molar-refractivity contribution in [1.82, 2.24) is 19.3 Å². The van der Waals surface area contributed by atoms with Crippen LogP contribution in [-0.4, -0.2) is 47.8 Å². The number of hydrogen-bond acceptors (Lipinski definition) is 8. The molecule has 2 aromatic heterocycles. The molecule has 10 nitrogen and oxygen atoms in total. The minimum atomic E-state index is -4.37. The predicted molar refractivity (Wildman–Crippen MR) is 142 cm³/mol. The lowest BCUT2D eigenvalue weighted by atomic mass is 10.0. The summed E-state index contributed by atoms with van der Waals surface area (Å²) >= 11 is 5.94. The lowest BCUT2D eigenvalue weighted by Crippen LogP contribution is -2.33. The highest BCUT2D eigenvalue weighted by molar-refractivity contribution is 7.89. The molecule has 0 bridgehead atoms. The van der Waals surface area contributed by atoms with Gasteiger partial charge in [-0.3, -0.25) is 14.2 Å². The summed E-state index contributed by atoms with van der Waals surface area (Å²) < 4.78 is 66.5. The van der Waals surface area contributed by atoms with Crippen molar-refractivity contribution in [3.63, 3.8) is 0 Å². The van der Waals surface area contributed by atoms with Gasteiger partial charge in [0.05, 0.1) is 34.3 Å². The van der Waals surface area contributed by atoms with E-state index in [0.29, 0.717) is 5.56 Å². The van der Waals surface area contributed by atoms with Crippen molar-refractivity contribution in [2.75, 3.05) is 23.4 Å². The second-order valence-electron chi connectivity index (χ2n) is 9.78. The summed E-state index contributed by atoms with van der Waals surface area (Å²) in [5, 5.41) is 6.02.